The Labute approximate surface area is 155 Å². The smallest absolute Gasteiger partial charge is 0.307 e. The molecule has 1 aliphatic rings. The summed E-state index contributed by atoms with van der Waals surface area (Å²) in [6.45, 7) is 2.92. The van der Waals surface area contributed by atoms with Gasteiger partial charge in [0.2, 0.25) is 11.8 Å². The molecule has 0 radical (unpaired) electrons. The molecule has 1 aliphatic heterocycles. The van der Waals surface area contributed by atoms with Gasteiger partial charge in [-0.25, -0.2) is 0 Å². The Morgan fingerprint density at radius 1 is 1.23 bits per heavy atom. The lowest BCUT2D eigenvalue weighted by molar-refractivity contribution is -0.149. The van der Waals surface area contributed by atoms with Crippen LogP contribution >= 0.6 is 11.8 Å². The Balaban J connectivity index is 1.73. The number of para-hydroxylation sites is 1. The number of fused-ring (bicyclic) bond motifs is 1. The summed E-state index contributed by atoms with van der Waals surface area (Å²) in [5.41, 5.74) is 0.714. The van der Waals surface area contributed by atoms with Gasteiger partial charge in [-0.05, 0) is 26.0 Å². The van der Waals surface area contributed by atoms with Crippen molar-refractivity contribution in [1.29, 1.82) is 0 Å². The van der Waals surface area contributed by atoms with Crippen molar-refractivity contribution in [1.82, 2.24) is 10.6 Å². The molecule has 0 aliphatic carbocycles. The third kappa shape index (κ3) is 6.07. The normalized spacial score (nSPS) is 15.7. The van der Waals surface area contributed by atoms with E-state index >= 15 is 0 Å². The van der Waals surface area contributed by atoms with Crippen LogP contribution in [0.2, 0.25) is 0 Å². The average Bonchev–Trinajstić information content (AvgIpc) is 2.58. The first-order chi connectivity index (χ1) is 12.3. The van der Waals surface area contributed by atoms with Crippen molar-refractivity contribution in [3.05, 3.63) is 24.3 Å². The number of amides is 3. The maximum Gasteiger partial charge on any atom is 0.307 e. The topological polar surface area (TPSA) is 114 Å². The Morgan fingerprint density at radius 2 is 1.96 bits per heavy atom. The number of anilines is 1. The number of nitrogens with one attached hydrogen (secondary N) is 3. The van der Waals surface area contributed by atoms with Crippen molar-refractivity contribution in [2.45, 2.75) is 36.5 Å². The summed E-state index contributed by atoms with van der Waals surface area (Å²) >= 11 is 1.28. The lowest BCUT2D eigenvalue weighted by atomic mass is 10.2. The molecule has 1 aromatic rings. The maximum atomic E-state index is 12.0. The first-order valence-corrected chi connectivity index (χ1v) is 9.01. The van der Waals surface area contributed by atoms with Crippen molar-refractivity contribution < 1.29 is 23.9 Å². The fourth-order valence-corrected chi connectivity index (χ4v) is 3.28. The number of esters is 1. The molecule has 1 atom stereocenters. The average molecular weight is 379 g/mol. The second-order valence-corrected chi connectivity index (χ2v) is 7.20. The molecule has 0 fully saturated rings. The number of benzene rings is 1. The van der Waals surface area contributed by atoms with Crippen LogP contribution in [0.1, 0.15) is 20.3 Å². The van der Waals surface area contributed by atoms with E-state index in [1.807, 2.05) is 18.2 Å². The number of carbonyl (C=O) groups is 4. The van der Waals surface area contributed by atoms with Gasteiger partial charge in [0, 0.05) is 10.9 Å². The molecule has 9 heteroatoms. The molecule has 3 amide bonds. The number of hydrogen-bond acceptors (Lipinski definition) is 6. The van der Waals surface area contributed by atoms with E-state index in [1.54, 1.807) is 19.9 Å². The molecular weight excluding hydrogens is 358 g/mol. The van der Waals surface area contributed by atoms with E-state index in [4.69, 9.17) is 4.74 Å². The van der Waals surface area contributed by atoms with Crippen LogP contribution in [0.15, 0.2) is 29.2 Å². The summed E-state index contributed by atoms with van der Waals surface area (Å²) in [4.78, 5) is 47.8. The van der Waals surface area contributed by atoms with Crippen molar-refractivity contribution in [2.24, 2.45) is 0 Å². The highest BCUT2D eigenvalue weighted by Crippen LogP contribution is 2.36. The monoisotopic (exact) mass is 379 g/mol. The van der Waals surface area contributed by atoms with Crippen molar-refractivity contribution in [3.63, 3.8) is 0 Å². The molecular formula is C17H21N3O5S. The predicted octanol–water partition coefficient (Wildman–Crippen LogP) is 0.673. The van der Waals surface area contributed by atoms with E-state index in [0.717, 1.165) is 4.90 Å². The molecule has 140 valence electrons. The Morgan fingerprint density at radius 3 is 2.69 bits per heavy atom. The van der Waals surface area contributed by atoms with E-state index in [9.17, 15) is 19.2 Å². The lowest BCUT2D eigenvalue weighted by Gasteiger charge is -2.23. The van der Waals surface area contributed by atoms with Gasteiger partial charge in [0.15, 0.2) is 6.61 Å². The van der Waals surface area contributed by atoms with Gasteiger partial charge in [-0.15, -0.1) is 11.8 Å². The minimum absolute atomic E-state index is 0.0264. The largest absolute Gasteiger partial charge is 0.456 e. The molecule has 1 heterocycles. The van der Waals surface area contributed by atoms with Gasteiger partial charge in [0.1, 0.15) is 0 Å². The van der Waals surface area contributed by atoms with Gasteiger partial charge in [-0.2, -0.15) is 0 Å². The zero-order valence-corrected chi connectivity index (χ0v) is 15.4. The van der Waals surface area contributed by atoms with Crippen LogP contribution in [0.5, 0.6) is 0 Å². The maximum absolute atomic E-state index is 12.0. The standard InChI is InChI=1S/C17H21N3O5S/c1-10(2)19-14(21)8-18-15(22)9-25-16(23)7-13-17(24)20-11-5-3-4-6-12(11)26-13/h3-6,10,13H,7-9H2,1-2H3,(H,18,22)(H,19,21)(H,20,24)/t13-/m0/s1. The second-order valence-electron chi connectivity index (χ2n) is 5.96. The predicted molar refractivity (Wildman–Crippen MR) is 96.6 cm³/mol. The molecule has 0 spiro atoms. The van der Waals surface area contributed by atoms with Crippen LogP contribution in [-0.2, 0) is 23.9 Å². The number of rotatable bonds is 7. The molecule has 26 heavy (non-hydrogen) atoms. The van der Waals surface area contributed by atoms with Gasteiger partial charge in [0.25, 0.3) is 5.91 Å². The third-order valence-corrected chi connectivity index (χ3v) is 4.59. The molecule has 2 rings (SSSR count). The highest BCUT2D eigenvalue weighted by molar-refractivity contribution is 8.01. The summed E-state index contributed by atoms with van der Waals surface area (Å²) in [6.07, 6.45) is -0.147. The Kier molecular flexibility index (Phi) is 7.02. The van der Waals surface area contributed by atoms with Gasteiger partial charge in [0.05, 0.1) is 23.9 Å². The minimum atomic E-state index is -0.654. The molecule has 0 bridgehead atoms. The SMILES string of the molecule is CC(C)NC(=O)CNC(=O)COC(=O)C[C@@H]1Sc2ccccc2NC1=O. The molecule has 0 saturated heterocycles. The number of thioether (sulfide) groups is 1. The van der Waals surface area contributed by atoms with Crippen molar-refractivity contribution >= 4 is 41.1 Å². The molecule has 0 saturated carbocycles. The van der Waals surface area contributed by atoms with Crippen molar-refractivity contribution in [2.75, 3.05) is 18.5 Å². The van der Waals surface area contributed by atoms with E-state index in [1.165, 1.54) is 11.8 Å². The van der Waals surface area contributed by atoms with E-state index in [-0.39, 0.29) is 30.8 Å². The fraction of sp³-hybridized carbons (Fsp3) is 0.412. The summed E-state index contributed by atoms with van der Waals surface area (Å²) in [5.74, 6) is -1.84. The summed E-state index contributed by atoms with van der Waals surface area (Å²) in [6, 6.07) is 7.27. The van der Waals surface area contributed by atoms with Crippen molar-refractivity contribution in [3.8, 4) is 0 Å². The van der Waals surface area contributed by atoms with Crippen LogP contribution < -0.4 is 16.0 Å². The molecule has 1 aromatic carbocycles. The number of ether oxygens (including phenoxy) is 1. The fourth-order valence-electron chi connectivity index (χ4n) is 2.19. The quantitative estimate of drug-likeness (QED) is 0.600. The molecule has 0 unspecified atom stereocenters. The number of hydrogen-bond donors (Lipinski definition) is 3. The van der Waals surface area contributed by atoms with Gasteiger partial charge >= 0.3 is 5.97 Å². The van der Waals surface area contributed by atoms with Crippen LogP contribution in [0.4, 0.5) is 5.69 Å². The zero-order chi connectivity index (χ0) is 19.1. The van der Waals surface area contributed by atoms with E-state index in [2.05, 4.69) is 16.0 Å². The van der Waals surface area contributed by atoms with Crippen LogP contribution in [-0.4, -0.2) is 48.1 Å². The second kappa shape index (κ2) is 9.23. The zero-order valence-electron chi connectivity index (χ0n) is 14.5. The van der Waals surface area contributed by atoms with Gasteiger partial charge < -0.3 is 20.7 Å². The molecule has 3 N–H and O–H groups in total. The summed E-state index contributed by atoms with van der Waals surface area (Å²) < 4.78 is 4.88. The third-order valence-electron chi connectivity index (χ3n) is 3.32. The van der Waals surface area contributed by atoms with E-state index in [0.29, 0.717) is 5.69 Å². The van der Waals surface area contributed by atoms with Crippen LogP contribution in [0.3, 0.4) is 0 Å². The highest BCUT2D eigenvalue weighted by Gasteiger charge is 2.29. The molecule has 0 aromatic heterocycles. The summed E-state index contributed by atoms with van der Waals surface area (Å²) in [5, 5.41) is 7.10. The van der Waals surface area contributed by atoms with E-state index < -0.39 is 23.7 Å². The van der Waals surface area contributed by atoms with Gasteiger partial charge in [-0.1, -0.05) is 12.1 Å². The summed E-state index contributed by atoms with van der Waals surface area (Å²) in [7, 11) is 0. The number of carbonyl (C=O) groups excluding carboxylic acids is 4. The Bertz CT molecular complexity index is 707. The minimum Gasteiger partial charge on any atom is -0.456 e. The highest BCUT2D eigenvalue weighted by atomic mass is 32.2. The van der Waals surface area contributed by atoms with Crippen LogP contribution in [0, 0.1) is 0 Å². The lowest BCUT2D eigenvalue weighted by Crippen LogP contribution is -2.41. The van der Waals surface area contributed by atoms with Gasteiger partial charge in [-0.3, -0.25) is 19.2 Å². The first kappa shape index (κ1) is 19.8. The Hall–Kier alpha value is -2.55. The first-order valence-electron chi connectivity index (χ1n) is 8.13. The molecule has 8 nitrogen and oxygen atoms in total. The van der Waals surface area contributed by atoms with Crippen LogP contribution in [0.25, 0.3) is 0 Å².